The molecule has 0 fully saturated rings. The third-order valence-electron chi connectivity index (χ3n) is 5.50. The van der Waals surface area contributed by atoms with Gasteiger partial charge in [0.15, 0.2) is 11.5 Å². The number of rotatable bonds is 6. The van der Waals surface area contributed by atoms with Crippen molar-refractivity contribution < 1.29 is 23.5 Å². The molecule has 3 aromatic rings. The van der Waals surface area contributed by atoms with Crippen molar-refractivity contribution in [3.63, 3.8) is 0 Å². The second-order valence-electron chi connectivity index (χ2n) is 7.22. The highest BCUT2D eigenvalue weighted by Gasteiger charge is 2.43. The van der Waals surface area contributed by atoms with E-state index in [1.807, 2.05) is 6.07 Å². The van der Waals surface area contributed by atoms with Crippen molar-refractivity contribution in [2.75, 3.05) is 21.3 Å². The molecule has 0 spiro atoms. The summed E-state index contributed by atoms with van der Waals surface area (Å²) in [5.74, 6) is 0.388. The number of amides is 2. The molecule has 3 heterocycles. The van der Waals surface area contributed by atoms with Crippen LogP contribution in [0.5, 0.6) is 11.5 Å². The first-order valence-electron chi connectivity index (χ1n) is 9.78. The fraction of sp³-hybridized carbons (Fsp3) is 0.261. The zero-order valence-corrected chi connectivity index (χ0v) is 17.5. The average Bonchev–Trinajstić information content (AvgIpc) is 3.33. The molecule has 0 radical (unpaired) electrons. The predicted molar refractivity (Wildman–Crippen MR) is 112 cm³/mol. The third-order valence-corrected chi connectivity index (χ3v) is 5.50. The molecule has 8 nitrogen and oxygen atoms in total. The normalized spacial score (nSPS) is 17.8. The van der Waals surface area contributed by atoms with Crippen LogP contribution < -0.4 is 14.8 Å². The first-order valence-corrected chi connectivity index (χ1v) is 9.78. The Morgan fingerprint density at radius 1 is 1.19 bits per heavy atom. The van der Waals surface area contributed by atoms with E-state index >= 15 is 0 Å². The van der Waals surface area contributed by atoms with Crippen molar-refractivity contribution >= 4 is 11.8 Å². The van der Waals surface area contributed by atoms with Crippen LogP contribution in [-0.2, 0) is 11.3 Å². The van der Waals surface area contributed by atoms with Crippen LogP contribution in [0.25, 0.3) is 0 Å². The topological polar surface area (TPSA) is 93.9 Å². The van der Waals surface area contributed by atoms with Crippen LogP contribution >= 0.6 is 0 Å². The summed E-state index contributed by atoms with van der Waals surface area (Å²) in [6, 6.07) is 9.99. The number of carbonyl (C=O) groups excluding carboxylic acids is 2. The van der Waals surface area contributed by atoms with Gasteiger partial charge in [0, 0.05) is 25.0 Å². The van der Waals surface area contributed by atoms with E-state index in [4.69, 9.17) is 13.9 Å². The molecule has 2 atom stereocenters. The molecular weight excluding hydrogens is 398 g/mol. The summed E-state index contributed by atoms with van der Waals surface area (Å²) >= 11 is 0. The van der Waals surface area contributed by atoms with E-state index < -0.39 is 12.0 Å². The van der Waals surface area contributed by atoms with Crippen LogP contribution in [0.2, 0.25) is 0 Å². The number of methoxy groups -OCH3 is 2. The molecule has 2 aromatic heterocycles. The highest BCUT2D eigenvalue weighted by atomic mass is 16.5. The van der Waals surface area contributed by atoms with E-state index in [0.29, 0.717) is 28.4 Å². The van der Waals surface area contributed by atoms with Crippen molar-refractivity contribution in [1.82, 2.24) is 15.2 Å². The Morgan fingerprint density at radius 3 is 2.61 bits per heavy atom. The highest BCUT2D eigenvalue weighted by molar-refractivity contribution is 6.02. The van der Waals surface area contributed by atoms with Gasteiger partial charge in [-0.3, -0.25) is 14.6 Å². The molecule has 1 N–H and O–H groups in total. The number of hydrogen-bond acceptors (Lipinski definition) is 6. The second-order valence-corrected chi connectivity index (χ2v) is 7.22. The summed E-state index contributed by atoms with van der Waals surface area (Å²) in [5, 5.41) is 2.93. The number of likely N-dealkylation sites (N-methyl/N-ethyl adjacent to an activating group) is 1. The van der Waals surface area contributed by atoms with Crippen molar-refractivity contribution in [1.29, 1.82) is 0 Å². The van der Waals surface area contributed by atoms with Crippen molar-refractivity contribution in [3.8, 4) is 11.5 Å². The van der Waals surface area contributed by atoms with E-state index in [-0.39, 0.29) is 18.4 Å². The molecule has 0 saturated heterocycles. The Hall–Kier alpha value is -3.81. The van der Waals surface area contributed by atoms with Gasteiger partial charge in [0.2, 0.25) is 5.91 Å². The highest BCUT2D eigenvalue weighted by Crippen LogP contribution is 2.45. The van der Waals surface area contributed by atoms with Gasteiger partial charge in [0.25, 0.3) is 5.91 Å². The zero-order chi connectivity index (χ0) is 22.0. The number of pyridine rings is 1. The number of fused-ring (bicyclic) bond motifs is 1. The van der Waals surface area contributed by atoms with Gasteiger partial charge in [-0.15, -0.1) is 0 Å². The minimum absolute atomic E-state index is 0.208. The van der Waals surface area contributed by atoms with Gasteiger partial charge in [-0.2, -0.15) is 0 Å². The van der Waals surface area contributed by atoms with Crippen LogP contribution in [0, 0.1) is 0 Å². The SMILES string of the molecule is COc1cc2c(cc1OC)[C@H](C(=O)NCc1ccco1)[C@H](c1cccnc1)N(C)C2=O. The summed E-state index contributed by atoms with van der Waals surface area (Å²) in [6.07, 6.45) is 4.88. The lowest BCUT2D eigenvalue weighted by atomic mass is 9.79. The molecule has 160 valence electrons. The molecule has 4 rings (SSSR count). The van der Waals surface area contributed by atoms with E-state index in [9.17, 15) is 9.59 Å². The Balaban J connectivity index is 1.82. The summed E-state index contributed by atoms with van der Waals surface area (Å²) in [5.41, 5.74) is 1.74. The predicted octanol–water partition coefficient (Wildman–Crippen LogP) is 2.92. The van der Waals surface area contributed by atoms with Gasteiger partial charge in [-0.1, -0.05) is 6.07 Å². The van der Waals surface area contributed by atoms with Crippen LogP contribution in [0.4, 0.5) is 0 Å². The Kier molecular flexibility index (Phi) is 5.62. The smallest absolute Gasteiger partial charge is 0.254 e. The zero-order valence-electron chi connectivity index (χ0n) is 17.5. The molecule has 0 bridgehead atoms. The lowest BCUT2D eigenvalue weighted by Crippen LogP contribution is -2.45. The Labute approximate surface area is 179 Å². The molecule has 1 aliphatic heterocycles. The van der Waals surface area contributed by atoms with Crippen molar-refractivity contribution in [2.24, 2.45) is 0 Å². The summed E-state index contributed by atoms with van der Waals surface area (Å²) in [7, 11) is 4.71. The monoisotopic (exact) mass is 421 g/mol. The number of aromatic nitrogens is 1. The van der Waals surface area contributed by atoms with Crippen molar-refractivity contribution in [3.05, 3.63) is 77.5 Å². The standard InChI is InChI=1S/C23H23N3O5/c1-26-21(14-6-4-8-24-12-14)20(22(27)25-13-15-7-5-9-31-15)16-10-18(29-2)19(30-3)11-17(16)23(26)28/h4-12,20-21H,13H2,1-3H3,(H,25,27)/t20-,21-/m0/s1. The third kappa shape index (κ3) is 3.72. The molecule has 8 heteroatoms. The van der Waals surface area contributed by atoms with Crippen molar-refractivity contribution in [2.45, 2.75) is 18.5 Å². The fourth-order valence-corrected chi connectivity index (χ4v) is 4.00. The molecule has 0 unspecified atom stereocenters. The molecule has 31 heavy (non-hydrogen) atoms. The van der Waals surface area contributed by atoms with Gasteiger partial charge in [0.05, 0.1) is 39.0 Å². The van der Waals surface area contributed by atoms with E-state index in [1.165, 1.54) is 14.2 Å². The Bertz CT molecular complexity index is 1080. The molecule has 2 amide bonds. The maximum atomic E-state index is 13.5. The number of hydrogen-bond donors (Lipinski definition) is 1. The van der Waals surface area contributed by atoms with Crippen LogP contribution in [0.3, 0.4) is 0 Å². The van der Waals surface area contributed by atoms with Gasteiger partial charge in [0.1, 0.15) is 5.76 Å². The van der Waals surface area contributed by atoms with Crippen LogP contribution in [0.1, 0.15) is 39.2 Å². The van der Waals surface area contributed by atoms with Gasteiger partial charge < -0.3 is 24.1 Å². The van der Waals surface area contributed by atoms with Gasteiger partial charge in [-0.25, -0.2) is 0 Å². The van der Waals surface area contributed by atoms with Gasteiger partial charge in [-0.05, 0) is 41.5 Å². The first kappa shape index (κ1) is 20.5. The summed E-state index contributed by atoms with van der Waals surface area (Å²) < 4.78 is 16.1. The van der Waals surface area contributed by atoms with Crippen LogP contribution in [0.15, 0.2) is 59.5 Å². The minimum Gasteiger partial charge on any atom is -0.493 e. The number of nitrogens with one attached hydrogen (secondary N) is 1. The van der Waals surface area contributed by atoms with E-state index in [2.05, 4.69) is 10.3 Å². The maximum Gasteiger partial charge on any atom is 0.254 e. The molecule has 0 saturated carbocycles. The molecular formula is C23H23N3O5. The number of furan rings is 1. The van der Waals surface area contributed by atoms with E-state index in [0.717, 1.165) is 5.56 Å². The fourth-order valence-electron chi connectivity index (χ4n) is 4.00. The van der Waals surface area contributed by atoms with Crippen LogP contribution in [-0.4, -0.2) is 43.0 Å². The number of ether oxygens (including phenoxy) is 2. The number of carbonyl (C=O) groups is 2. The molecule has 1 aromatic carbocycles. The van der Waals surface area contributed by atoms with E-state index in [1.54, 1.807) is 60.9 Å². The molecule has 0 aliphatic carbocycles. The second kappa shape index (κ2) is 8.51. The summed E-state index contributed by atoms with van der Waals surface area (Å²) in [4.78, 5) is 32.5. The quantitative estimate of drug-likeness (QED) is 0.658. The Morgan fingerprint density at radius 2 is 1.97 bits per heavy atom. The lowest BCUT2D eigenvalue weighted by Gasteiger charge is -2.39. The summed E-state index contributed by atoms with van der Waals surface area (Å²) in [6.45, 7) is 0.238. The molecule has 1 aliphatic rings. The number of nitrogens with zero attached hydrogens (tertiary/aromatic N) is 2. The minimum atomic E-state index is -0.684. The maximum absolute atomic E-state index is 13.5. The first-order chi connectivity index (χ1) is 15.0. The lowest BCUT2D eigenvalue weighted by molar-refractivity contribution is -0.124. The largest absolute Gasteiger partial charge is 0.493 e. The van der Waals surface area contributed by atoms with Gasteiger partial charge >= 0.3 is 0 Å². The number of benzene rings is 1. The average molecular weight is 421 g/mol.